The summed E-state index contributed by atoms with van der Waals surface area (Å²) in [7, 11) is 1.54. The van der Waals surface area contributed by atoms with E-state index >= 15 is 0 Å². The van der Waals surface area contributed by atoms with E-state index in [0.717, 1.165) is 6.42 Å². The number of carbonyl (C=O) groups is 2. The first-order chi connectivity index (χ1) is 10.6. The molecule has 1 aromatic carbocycles. The Morgan fingerprint density at radius 3 is 3.05 bits per heavy atom. The summed E-state index contributed by atoms with van der Waals surface area (Å²) in [6.07, 6.45) is 1.31. The number of anilines is 1. The fourth-order valence-electron chi connectivity index (χ4n) is 2.39. The second-order valence-corrected chi connectivity index (χ2v) is 5.06. The molecule has 22 heavy (non-hydrogen) atoms. The van der Waals surface area contributed by atoms with Crippen LogP contribution in [0.15, 0.2) is 24.3 Å². The molecule has 1 heterocycles. The molecule has 0 radical (unpaired) electrons. The number of piperidine rings is 1. The smallest absolute Gasteiger partial charge is 0.315 e. The first-order valence-electron chi connectivity index (χ1n) is 7.22. The summed E-state index contributed by atoms with van der Waals surface area (Å²) >= 11 is 0. The predicted octanol–water partition coefficient (Wildman–Crippen LogP) is 1.27. The molecule has 120 valence electrons. The molecule has 1 aliphatic rings. The van der Waals surface area contributed by atoms with Gasteiger partial charge >= 0.3 is 6.03 Å². The Labute approximate surface area is 128 Å². The molecule has 0 saturated carbocycles. The van der Waals surface area contributed by atoms with Crippen LogP contribution < -0.4 is 15.5 Å². The summed E-state index contributed by atoms with van der Waals surface area (Å²) < 4.78 is 18.1. The zero-order valence-corrected chi connectivity index (χ0v) is 12.5. The fourth-order valence-corrected chi connectivity index (χ4v) is 2.39. The standard InChI is InChI=1S/C15H20FN3O3/c1-22-9-7-17-15(21)18-13-6-3-8-19(14(13)20)12-5-2-4-11(16)10-12/h2,4-5,10,13H,3,6-9H2,1H3,(H2,17,18,21). The maximum absolute atomic E-state index is 13.3. The van der Waals surface area contributed by atoms with E-state index in [2.05, 4.69) is 10.6 Å². The number of methoxy groups -OCH3 is 1. The highest BCUT2D eigenvalue weighted by molar-refractivity contribution is 5.99. The average Bonchev–Trinajstić information content (AvgIpc) is 2.50. The van der Waals surface area contributed by atoms with Crippen LogP contribution in [0.25, 0.3) is 0 Å². The van der Waals surface area contributed by atoms with Gasteiger partial charge in [0.25, 0.3) is 0 Å². The monoisotopic (exact) mass is 309 g/mol. The lowest BCUT2D eigenvalue weighted by molar-refractivity contribution is -0.121. The van der Waals surface area contributed by atoms with E-state index in [4.69, 9.17) is 4.74 Å². The number of hydrogen-bond acceptors (Lipinski definition) is 3. The first kappa shape index (κ1) is 16.2. The maximum Gasteiger partial charge on any atom is 0.315 e. The number of rotatable bonds is 5. The molecule has 1 aromatic rings. The summed E-state index contributed by atoms with van der Waals surface area (Å²) in [6.45, 7) is 1.30. The molecule has 2 rings (SSSR count). The van der Waals surface area contributed by atoms with Crippen molar-refractivity contribution < 1.29 is 18.7 Å². The Morgan fingerprint density at radius 1 is 1.50 bits per heavy atom. The van der Waals surface area contributed by atoms with Crippen molar-refractivity contribution in [3.63, 3.8) is 0 Å². The van der Waals surface area contributed by atoms with Crippen LogP contribution in [0.5, 0.6) is 0 Å². The molecule has 1 fully saturated rings. The number of carbonyl (C=O) groups excluding carboxylic acids is 2. The van der Waals surface area contributed by atoms with Gasteiger partial charge in [0.15, 0.2) is 0 Å². The van der Waals surface area contributed by atoms with Gasteiger partial charge in [-0.3, -0.25) is 4.79 Å². The van der Waals surface area contributed by atoms with Crippen molar-refractivity contribution in [3.8, 4) is 0 Å². The molecule has 0 aromatic heterocycles. The molecule has 0 bridgehead atoms. The van der Waals surface area contributed by atoms with E-state index in [-0.39, 0.29) is 5.91 Å². The van der Waals surface area contributed by atoms with Crippen LogP contribution in [0.2, 0.25) is 0 Å². The van der Waals surface area contributed by atoms with Crippen molar-refractivity contribution in [2.75, 3.05) is 31.7 Å². The van der Waals surface area contributed by atoms with E-state index in [1.807, 2.05) is 0 Å². The Morgan fingerprint density at radius 2 is 2.32 bits per heavy atom. The third-order valence-electron chi connectivity index (χ3n) is 3.46. The number of urea groups is 1. The average molecular weight is 309 g/mol. The van der Waals surface area contributed by atoms with Crippen molar-refractivity contribution in [3.05, 3.63) is 30.1 Å². The van der Waals surface area contributed by atoms with E-state index in [0.29, 0.717) is 31.8 Å². The third kappa shape index (κ3) is 4.17. The predicted molar refractivity (Wildman–Crippen MR) is 80.2 cm³/mol. The minimum atomic E-state index is -0.598. The maximum atomic E-state index is 13.3. The zero-order valence-electron chi connectivity index (χ0n) is 12.5. The van der Waals surface area contributed by atoms with Gasteiger partial charge in [-0.25, -0.2) is 9.18 Å². The second kappa shape index (κ2) is 7.74. The van der Waals surface area contributed by atoms with Crippen molar-refractivity contribution in [1.82, 2.24) is 10.6 Å². The van der Waals surface area contributed by atoms with Crippen LogP contribution in [-0.4, -0.2) is 44.8 Å². The lowest BCUT2D eigenvalue weighted by atomic mass is 10.0. The van der Waals surface area contributed by atoms with Gasteiger partial charge in [-0.1, -0.05) is 6.07 Å². The summed E-state index contributed by atoms with van der Waals surface area (Å²) in [5.74, 6) is -0.614. The third-order valence-corrected chi connectivity index (χ3v) is 3.46. The lowest BCUT2D eigenvalue weighted by Crippen LogP contribution is -2.54. The van der Waals surface area contributed by atoms with Crippen LogP contribution in [0.3, 0.4) is 0 Å². The summed E-state index contributed by atoms with van der Waals surface area (Å²) in [4.78, 5) is 25.7. The van der Waals surface area contributed by atoms with Gasteiger partial charge in [0.2, 0.25) is 5.91 Å². The van der Waals surface area contributed by atoms with Crippen LogP contribution in [0.4, 0.5) is 14.9 Å². The highest BCUT2D eigenvalue weighted by Crippen LogP contribution is 2.21. The highest BCUT2D eigenvalue weighted by Gasteiger charge is 2.30. The number of benzene rings is 1. The normalized spacial score (nSPS) is 18.2. The van der Waals surface area contributed by atoms with Crippen molar-refractivity contribution in [1.29, 1.82) is 0 Å². The molecule has 0 aliphatic carbocycles. The van der Waals surface area contributed by atoms with Gasteiger partial charge in [-0.2, -0.15) is 0 Å². The minimum Gasteiger partial charge on any atom is -0.383 e. The van der Waals surface area contributed by atoms with Gasteiger partial charge in [-0.15, -0.1) is 0 Å². The number of nitrogens with zero attached hydrogens (tertiary/aromatic N) is 1. The van der Waals surface area contributed by atoms with E-state index < -0.39 is 17.9 Å². The number of hydrogen-bond donors (Lipinski definition) is 2. The molecular formula is C15H20FN3O3. The van der Waals surface area contributed by atoms with Gasteiger partial charge in [-0.05, 0) is 31.0 Å². The van der Waals surface area contributed by atoms with E-state index in [1.165, 1.54) is 17.0 Å². The topological polar surface area (TPSA) is 70.7 Å². The van der Waals surface area contributed by atoms with Crippen LogP contribution >= 0.6 is 0 Å². The SMILES string of the molecule is COCCNC(=O)NC1CCCN(c2cccc(F)c2)C1=O. The Hall–Kier alpha value is -2.15. The van der Waals surface area contributed by atoms with Crippen LogP contribution in [-0.2, 0) is 9.53 Å². The molecule has 1 aliphatic heterocycles. The van der Waals surface area contributed by atoms with E-state index in [9.17, 15) is 14.0 Å². The summed E-state index contributed by atoms with van der Waals surface area (Å²) in [5, 5.41) is 5.26. The van der Waals surface area contributed by atoms with Crippen molar-refractivity contribution >= 4 is 17.6 Å². The van der Waals surface area contributed by atoms with Crippen molar-refractivity contribution in [2.45, 2.75) is 18.9 Å². The molecule has 1 atom stereocenters. The largest absolute Gasteiger partial charge is 0.383 e. The molecule has 3 amide bonds. The quantitative estimate of drug-likeness (QED) is 0.805. The molecule has 1 saturated heterocycles. The fraction of sp³-hybridized carbons (Fsp3) is 0.467. The molecule has 6 nitrogen and oxygen atoms in total. The van der Waals surface area contributed by atoms with Gasteiger partial charge < -0.3 is 20.3 Å². The summed E-state index contributed by atoms with van der Waals surface area (Å²) in [6, 6.07) is 4.89. The van der Waals surface area contributed by atoms with Gasteiger partial charge in [0.05, 0.1) is 6.61 Å². The Kier molecular flexibility index (Phi) is 5.71. The molecule has 7 heteroatoms. The second-order valence-electron chi connectivity index (χ2n) is 5.06. The number of halogens is 1. The molecule has 0 spiro atoms. The summed E-state index contributed by atoms with van der Waals surface area (Å²) in [5.41, 5.74) is 0.510. The molecule has 1 unspecified atom stereocenters. The van der Waals surface area contributed by atoms with Gasteiger partial charge in [0.1, 0.15) is 11.9 Å². The van der Waals surface area contributed by atoms with Crippen molar-refractivity contribution in [2.24, 2.45) is 0 Å². The van der Waals surface area contributed by atoms with Crippen LogP contribution in [0.1, 0.15) is 12.8 Å². The Bertz CT molecular complexity index is 539. The lowest BCUT2D eigenvalue weighted by Gasteiger charge is -2.32. The molecule has 2 N–H and O–H groups in total. The first-order valence-corrected chi connectivity index (χ1v) is 7.22. The number of amides is 3. The molecular weight excluding hydrogens is 289 g/mol. The zero-order chi connectivity index (χ0) is 15.9. The minimum absolute atomic E-state index is 0.223. The Balaban J connectivity index is 1.96. The number of nitrogens with one attached hydrogen (secondary N) is 2. The number of ether oxygens (including phenoxy) is 1. The van der Waals surface area contributed by atoms with Gasteiger partial charge in [0, 0.05) is 25.9 Å². The van der Waals surface area contributed by atoms with Crippen LogP contribution in [0, 0.1) is 5.82 Å². The highest BCUT2D eigenvalue weighted by atomic mass is 19.1. The van der Waals surface area contributed by atoms with E-state index in [1.54, 1.807) is 19.2 Å².